The summed E-state index contributed by atoms with van der Waals surface area (Å²) in [5, 5.41) is 0. The maximum absolute atomic E-state index is 6.19. The van der Waals surface area contributed by atoms with Gasteiger partial charge in [0, 0.05) is 13.1 Å². The summed E-state index contributed by atoms with van der Waals surface area (Å²) in [6.45, 7) is 7.00. The molecule has 0 N–H and O–H groups in total. The quantitative estimate of drug-likeness (QED) is 0.375. The van der Waals surface area contributed by atoms with Crippen molar-refractivity contribution in [2.45, 2.75) is 71.3 Å². The molecular weight excluding hydrogens is 342 g/mol. The van der Waals surface area contributed by atoms with E-state index in [1.165, 1.54) is 74.3 Å². The lowest BCUT2D eigenvalue weighted by molar-refractivity contribution is -0.00000486. The monoisotopic (exact) mass is 376 g/mol. The molecule has 0 amide bonds. The van der Waals surface area contributed by atoms with Crippen LogP contribution in [0.2, 0.25) is 0 Å². The van der Waals surface area contributed by atoms with E-state index in [0.29, 0.717) is 5.88 Å². The Morgan fingerprint density at radius 2 is 1.22 bits per heavy atom. The van der Waals surface area contributed by atoms with Crippen molar-refractivity contribution in [3.8, 4) is 0 Å². The normalized spacial score (nSPS) is 11.3. The highest BCUT2D eigenvalue weighted by molar-refractivity contribution is 7.75. The lowest BCUT2D eigenvalue weighted by Gasteiger charge is -2.29. The third kappa shape index (κ3) is 8.24. The van der Waals surface area contributed by atoms with E-state index in [4.69, 9.17) is 11.6 Å². The van der Waals surface area contributed by atoms with Crippen LogP contribution in [0.15, 0.2) is 24.3 Å². The zero-order chi connectivity index (χ0) is 16.3. The molecule has 0 aliphatic heterocycles. The first-order chi connectivity index (χ1) is 10.7. The first-order valence-electron chi connectivity index (χ1n) is 9.19. The van der Waals surface area contributed by atoms with Crippen LogP contribution in [-0.2, 0) is 12.0 Å². The third-order valence-electron chi connectivity index (χ3n) is 4.73. The molecule has 0 heterocycles. The van der Waals surface area contributed by atoms with Crippen LogP contribution in [0.25, 0.3) is 0 Å². The van der Waals surface area contributed by atoms with Crippen molar-refractivity contribution < 1.29 is 12.4 Å². The van der Waals surface area contributed by atoms with E-state index in [1.54, 1.807) is 0 Å². The highest BCUT2D eigenvalue weighted by Gasteiger charge is 2.36. The first-order valence-corrected chi connectivity index (χ1v) is 12.3. The minimum atomic E-state index is -0.866. The van der Waals surface area contributed by atoms with Crippen molar-refractivity contribution in [2.24, 2.45) is 0 Å². The van der Waals surface area contributed by atoms with Crippen molar-refractivity contribution in [1.82, 2.24) is 0 Å². The van der Waals surface area contributed by atoms with E-state index in [2.05, 4.69) is 45.0 Å². The van der Waals surface area contributed by atoms with Gasteiger partial charge in [-0.15, -0.1) is 11.6 Å². The van der Waals surface area contributed by atoms with Gasteiger partial charge in [-0.2, -0.15) is 0 Å². The minimum Gasteiger partial charge on any atom is -1.00 e. The Kier molecular flexibility index (Phi) is 13.6. The molecule has 0 spiro atoms. The highest BCUT2D eigenvalue weighted by Crippen LogP contribution is 2.63. The summed E-state index contributed by atoms with van der Waals surface area (Å²) in [5.74, 6) is 0.658. The lowest BCUT2D eigenvalue weighted by Crippen LogP contribution is -3.00. The maximum atomic E-state index is 6.19. The zero-order valence-corrected chi connectivity index (χ0v) is 17.7. The predicted octanol–water partition coefficient (Wildman–Crippen LogP) is 4.35. The number of benzene rings is 1. The summed E-state index contributed by atoms with van der Waals surface area (Å²) in [5.41, 5.74) is 2.90. The molecule has 0 aliphatic carbocycles. The molecule has 0 bridgehead atoms. The molecule has 134 valence electrons. The van der Waals surface area contributed by atoms with Crippen molar-refractivity contribution in [3.05, 3.63) is 35.4 Å². The summed E-state index contributed by atoms with van der Waals surface area (Å²) in [6.07, 6.45) is 14.0. The van der Waals surface area contributed by atoms with Crippen LogP contribution in [0.3, 0.4) is 0 Å². The smallest absolute Gasteiger partial charge is 0.0846 e. The molecule has 1 rings (SSSR count). The molecule has 1 aromatic rings. The van der Waals surface area contributed by atoms with Gasteiger partial charge in [0.1, 0.15) is 0 Å². The Bertz CT molecular complexity index is 385. The largest absolute Gasteiger partial charge is 1.00 e. The van der Waals surface area contributed by atoms with E-state index in [1.807, 2.05) is 0 Å². The molecular formula is C20H35Cl2P. The lowest BCUT2D eigenvalue weighted by atomic mass is 10.1. The molecule has 23 heavy (non-hydrogen) atoms. The van der Waals surface area contributed by atoms with Crippen molar-refractivity contribution in [1.29, 1.82) is 0 Å². The minimum absolute atomic E-state index is 0. The highest BCUT2D eigenvalue weighted by atomic mass is 35.5. The van der Waals surface area contributed by atoms with Crippen LogP contribution in [-0.4, -0.2) is 18.5 Å². The van der Waals surface area contributed by atoms with Gasteiger partial charge in [-0.05, 0) is 30.4 Å². The number of hydrogen-bond acceptors (Lipinski definition) is 0. The van der Waals surface area contributed by atoms with E-state index in [9.17, 15) is 0 Å². The molecule has 0 radical (unpaired) electrons. The number of alkyl halides is 1. The van der Waals surface area contributed by atoms with Gasteiger partial charge < -0.3 is 12.4 Å². The van der Waals surface area contributed by atoms with Gasteiger partial charge in [-0.25, -0.2) is 0 Å². The molecule has 0 atom stereocenters. The van der Waals surface area contributed by atoms with Gasteiger partial charge in [-0.1, -0.05) is 64.3 Å². The molecule has 1 aromatic carbocycles. The van der Waals surface area contributed by atoms with Crippen LogP contribution in [0.5, 0.6) is 0 Å². The van der Waals surface area contributed by atoms with E-state index >= 15 is 0 Å². The van der Waals surface area contributed by atoms with E-state index < -0.39 is 7.26 Å². The zero-order valence-electron chi connectivity index (χ0n) is 15.3. The Balaban J connectivity index is 0.00000484. The van der Waals surface area contributed by atoms with Crippen LogP contribution in [0, 0.1) is 0 Å². The second kappa shape index (κ2) is 13.5. The number of rotatable bonds is 12. The fourth-order valence-corrected chi connectivity index (χ4v) is 8.65. The average Bonchev–Trinajstić information content (AvgIpc) is 2.56. The predicted molar refractivity (Wildman–Crippen MR) is 106 cm³/mol. The second-order valence-corrected chi connectivity index (χ2v) is 11.2. The second-order valence-electron chi connectivity index (χ2n) is 6.63. The van der Waals surface area contributed by atoms with Gasteiger partial charge in [0.25, 0.3) is 0 Å². The van der Waals surface area contributed by atoms with Crippen LogP contribution in [0.1, 0.15) is 70.4 Å². The van der Waals surface area contributed by atoms with E-state index in [-0.39, 0.29) is 12.4 Å². The first kappa shape index (κ1) is 23.2. The third-order valence-corrected chi connectivity index (χ3v) is 9.82. The van der Waals surface area contributed by atoms with Gasteiger partial charge in [0.2, 0.25) is 0 Å². The fraction of sp³-hybridized carbons (Fsp3) is 0.700. The Hall–Kier alpha value is 0.230. The van der Waals surface area contributed by atoms with Gasteiger partial charge in [0.15, 0.2) is 0 Å². The van der Waals surface area contributed by atoms with Gasteiger partial charge in [-0.3, -0.25) is 0 Å². The summed E-state index contributed by atoms with van der Waals surface area (Å²) in [4.78, 5) is 0. The topological polar surface area (TPSA) is 0 Å². The molecule has 0 nitrogen and oxygen atoms in total. The molecule has 0 saturated heterocycles. The number of unbranched alkanes of at least 4 members (excludes halogenated alkanes) is 3. The van der Waals surface area contributed by atoms with Crippen molar-refractivity contribution in [3.63, 3.8) is 0 Å². The molecule has 0 unspecified atom stereocenters. The van der Waals surface area contributed by atoms with Gasteiger partial charge >= 0.3 is 0 Å². The molecule has 0 saturated carbocycles. The fourth-order valence-electron chi connectivity index (χ4n) is 3.26. The summed E-state index contributed by atoms with van der Waals surface area (Å²) >= 11 is 6.19. The van der Waals surface area contributed by atoms with Crippen LogP contribution < -0.4 is 12.4 Å². The Morgan fingerprint density at radius 3 is 1.61 bits per heavy atom. The average molecular weight is 377 g/mol. The van der Waals surface area contributed by atoms with Crippen molar-refractivity contribution >= 4 is 18.9 Å². The maximum Gasteiger partial charge on any atom is 0.0846 e. The Labute approximate surface area is 156 Å². The molecule has 0 aliphatic rings. The standard InChI is InChI=1S/C20H35ClP.ClH/c1-4-7-14-22(15-8-5-2,16-9-6-3)18-20-13-11-10-12-19(20)17-21;/h10-13H,4-9,14-18H2,1-3H3;1H/q+1;/p-1. The van der Waals surface area contributed by atoms with Crippen LogP contribution in [0.4, 0.5) is 0 Å². The molecule has 0 fully saturated rings. The van der Waals surface area contributed by atoms with E-state index in [0.717, 1.165) is 0 Å². The summed E-state index contributed by atoms with van der Waals surface area (Å²) in [6, 6.07) is 8.87. The van der Waals surface area contributed by atoms with Crippen molar-refractivity contribution in [2.75, 3.05) is 18.5 Å². The number of hydrogen-bond donors (Lipinski definition) is 0. The SMILES string of the molecule is CCCC[P+](CCCC)(CCCC)Cc1ccccc1CCl.[Cl-]. The molecule has 3 heteroatoms. The van der Waals surface area contributed by atoms with Gasteiger partial charge in [0.05, 0.1) is 24.6 Å². The van der Waals surface area contributed by atoms with Crippen LogP contribution >= 0.6 is 18.9 Å². The molecule has 0 aromatic heterocycles. The summed E-state index contributed by atoms with van der Waals surface area (Å²) < 4.78 is 0. The number of halogens is 2. The Morgan fingerprint density at radius 1 is 0.783 bits per heavy atom. The summed E-state index contributed by atoms with van der Waals surface area (Å²) in [7, 11) is -0.866.